The van der Waals surface area contributed by atoms with Crippen LogP contribution in [0, 0.1) is 0 Å². The number of benzene rings is 1. The Bertz CT molecular complexity index is 657. The van der Waals surface area contributed by atoms with Crippen LogP contribution in [0.4, 0.5) is 5.69 Å². The van der Waals surface area contributed by atoms with Crippen LogP contribution in [-0.2, 0) is 9.59 Å². The Balaban J connectivity index is 1.77. The van der Waals surface area contributed by atoms with E-state index in [1.165, 1.54) is 17.8 Å². The van der Waals surface area contributed by atoms with E-state index in [1.54, 1.807) is 29.2 Å². The molecule has 0 bridgehead atoms. The van der Waals surface area contributed by atoms with Gasteiger partial charge in [-0.05, 0) is 30.0 Å². The van der Waals surface area contributed by atoms with Crippen molar-refractivity contribution in [2.75, 3.05) is 18.4 Å². The highest BCUT2D eigenvalue weighted by atomic mass is 35.5. The molecule has 20 heavy (non-hydrogen) atoms. The predicted molar refractivity (Wildman–Crippen MR) is 79.8 cm³/mol. The van der Waals surface area contributed by atoms with Crippen molar-refractivity contribution >= 4 is 46.0 Å². The van der Waals surface area contributed by atoms with Gasteiger partial charge in [-0.15, -0.1) is 0 Å². The summed E-state index contributed by atoms with van der Waals surface area (Å²) < 4.78 is 0. The topological polar surface area (TPSA) is 61.8 Å². The molecule has 3 rings (SSSR count). The van der Waals surface area contributed by atoms with E-state index in [-0.39, 0.29) is 11.8 Å². The van der Waals surface area contributed by atoms with Crippen LogP contribution in [0.15, 0.2) is 40.2 Å². The predicted octanol–water partition coefficient (Wildman–Crippen LogP) is 2.11. The van der Waals surface area contributed by atoms with Crippen molar-refractivity contribution in [2.24, 2.45) is 4.99 Å². The lowest BCUT2D eigenvalue weighted by atomic mass is 10.3. The normalized spacial score (nSPS) is 17.4. The molecule has 0 saturated carbocycles. The number of aliphatic imine (C=N–C) groups is 1. The van der Waals surface area contributed by atoms with E-state index in [0.29, 0.717) is 33.9 Å². The molecule has 7 heteroatoms. The summed E-state index contributed by atoms with van der Waals surface area (Å²) in [7, 11) is 0. The van der Waals surface area contributed by atoms with E-state index >= 15 is 0 Å². The maximum absolute atomic E-state index is 12.1. The number of anilines is 1. The van der Waals surface area contributed by atoms with Gasteiger partial charge in [-0.2, -0.15) is 0 Å². The number of amidine groups is 1. The Morgan fingerprint density at radius 2 is 2.30 bits per heavy atom. The summed E-state index contributed by atoms with van der Waals surface area (Å²) in [5.74, 6) is -0.531. The lowest BCUT2D eigenvalue weighted by Gasteiger charge is -2.21. The van der Waals surface area contributed by atoms with Crippen LogP contribution < -0.4 is 5.32 Å². The summed E-state index contributed by atoms with van der Waals surface area (Å²) >= 11 is 7.07. The Morgan fingerprint density at radius 1 is 1.45 bits per heavy atom. The molecule has 2 amide bonds. The number of nitrogens with zero attached hydrogens (tertiary/aromatic N) is 2. The Hall–Kier alpha value is -1.79. The van der Waals surface area contributed by atoms with Gasteiger partial charge in [-0.1, -0.05) is 17.7 Å². The minimum atomic E-state index is -0.333. The van der Waals surface area contributed by atoms with E-state index < -0.39 is 0 Å². The highest BCUT2D eigenvalue weighted by Crippen LogP contribution is 2.29. The van der Waals surface area contributed by atoms with Gasteiger partial charge in [0.1, 0.15) is 0 Å². The summed E-state index contributed by atoms with van der Waals surface area (Å²) in [6.45, 7) is 1.17. The number of hydrogen-bond donors (Lipinski definition) is 1. The molecule has 0 aliphatic carbocycles. The number of fused-ring (bicyclic) bond motifs is 1. The Kier molecular flexibility index (Phi) is 3.50. The maximum atomic E-state index is 12.1. The Morgan fingerprint density at radius 3 is 3.10 bits per heavy atom. The number of carbonyl (C=O) groups is 2. The zero-order valence-corrected chi connectivity index (χ0v) is 11.9. The molecule has 1 aromatic carbocycles. The third-order valence-corrected chi connectivity index (χ3v) is 4.12. The highest BCUT2D eigenvalue weighted by Gasteiger charge is 2.31. The number of amides is 2. The number of thioether (sulfide) groups is 1. The van der Waals surface area contributed by atoms with Crippen molar-refractivity contribution in [3.63, 3.8) is 0 Å². The lowest BCUT2D eigenvalue weighted by molar-refractivity contribution is -0.122. The quantitative estimate of drug-likeness (QED) is 0.910. The Labute approximate surface area is 124 Å². The zero-order chi connectivity index (χ0) is 14.1. The van der Waals surface area contributed by atoms with Gasteiger partial charge in [-0.3, -0.25) is 19.5 Å². The second-order valence-electron chi connectivity index (χ2n) is 4.23. The second-order valence-corrected chi connectivity index (χ2v) is 5.67. The van der Waals surface area contributed by atoms with Crippen molar-refractivity contribution in [2.45, 2.75) is 0 Å². The summed E-state index contributed by atoms with van der Waals surface area (Å²) in [4.78, 5) is 30.1. The fraction of sp³-hybridized carbons (Fsp3) is 0.154. The monoisotopic (exact) mass is 307 g/mol. The molecule has 0 unspecified atom stereocenters. The van der Waals surface area contributed by atoms with Crippen LogP contribution >= 0.6 is 23.4 Å². The number of halogens is 1. The molecule has 2 aliphatic heterocycles. The van der Waals surface area contributed by atoms with Gasteiger partial charge < -0.3 is 5.32 Å². The van der Waals surface area contributed by atoms with Crippen LogP contribution in [-0.4, -0.2) is 35.0 Å². The standard InChI is InChI=1S/C13H10ClN3O2S/c14-8-2-1-3-9(6-8)16-12(19)10-7-11(18)17-5-4-15-13(17)20-10/h1-3,6-7H,4-5H2,(H,16,19). The molecule has 0 spiro atoms. The molecule has 0 atom stereocenters. The molecule has 0 fully saturated rings. The molecule has 102 valence electrons. The minimum Gasteiger partial charge on any atom is -0.321 e. The lowest BCUT2D eigenvalue weighted by Crippen LogP contribution is -2.35. The number of nitrogens with one attached hydrogen (secondary N) is 1. The first-order chi connectivity index (χ1) is 9.63. The van der Waals surface area contributed by atoms with Crippen molar-refractivity contribution in [1.29, 1.82) is 0 Å². The summed E-state index contributed by atoms with van der Waals surface area (Å²) in [5, 5.41) is 3.84. The molecule has 1 aromatic rings. The van der Waals surface area contributed by atoms with Gasteiger partial charge in [0.25, 0.3) is 11.8 Å². The summed E-state index contributed by atoms with van der Waals surface area (Å²) in [6.07, 6.45) is 1.34. The van der Waals surface area contributed by atoms with E-state index in [9.17, 15) is 9.59 Å². The molecule has 0 radical (unpaired) electrons. The fourth-order valence-electron chi connectivity index (χ4n) is 1.91. The van der Waals surface area contributed by atoms with Gasteiger partial charge in [0, 0.05) is 23.3 Å². The second kappa shape index (κ2) is 5.30. The minimum absolute atomic E-state index is 0.198. The number of hydrogen-bond acceptors (Lipinski definition) is 4. The smallest absolute Gasteiger partial charge is 0.262 e. The van der Waals surface area contributed by atoms with Gasteiger partial charge in [-0.25, -0.2) is 0 Å². The van der Waals surface area contributed by atoms with Crippen LogP contribution in [0.5, 0.6) is 0 Å². The van der Waals surface area contributed by atoms with Crippen molar-refractivity contribution in [1.82, 2.24) is 4.90 Å². The van der Waals surface area contributed by atoms with E-state index in [0.717, 1.165) is 0 Å². The molecule has 0 aromatic heterocycles. The first kappa shape index (κ1) is 13.2. The van der Waals surface area contributed by atoms with E-state index in [1.807, 2.05) is 0 Å². The molecule has 1 N–H and O–H groups in total. The molecule has 2 heterocycles. The summed E-state index contributed by atoms with van der Waals surface area (Å²) in [6, 6.07) is 6.85. The van der Waals surface area contributed by atoms with Gasteiger partial charge >= 0.3 is 0 Å². The van der Waals surface area contributed by atoms with Gasteiger partial charge in [0.2, 0.25) is 0 Å². The third kappa shape index (κ3) is 2.57. The fourth-order valence-corrected chi connectivity index (χ4v) is 3.04. The number of rotatable bonds is 2. The SMILES string of the molecule is O=C(Nc1cccc(Cl)c1)C1=CC(=O)N2CCN=C2S1. The van der Waals surface area contributed by atoms with Crippen molar-refractivity contribution in [3.05, 3.63) is 40.3 Å². The molecule has 0 saturated heterocycles. The first-order valence-electron chi connectivity index (χ1n) is 5.96. The average molecular weight is 308 g/mol. The largest absolute Gasteiger partial charge is 0.321 e. The van der Waals surface area contributed by atoms with Gasteiger partial charge in [0.15, 0.2) is 5.17 Å². The zero-order valence-electron chi connectivity index (χ0n) is 10.3. The van der Waals surface area contributed by atoms with Crippen LogP contribution in [0.3, 0.4) is 0 Å². The third-order valence-electron chi connectivity index (χ3n) is 2.83. The van der Waals surface area contributed by atoms with Crippen molar-refractivity contribution < 1.29 is 9.59 Å². The van der Waals surface area contributed by atoms with Crippen LogP contribution in [0.2, 0.25) is 5.02 Å². The van der Waals surface area contributed by atoms with Crippen LogP contribution in [0.25, 0.3) is 0 Å². The first-order valence-corrected chi connectivity index (χ1v) is 7.15. The molecular weight excluding hydrogens is 298 g/mol. The van der Waals surface area contributed by atoms with Crippen LogP contribution in [0.1, 0.15) is 0 Å². The van der Waals surface area contributed by atoms with Crippen molar-refractivity contribution in [3.8, 4) is 0 Å². The maximum Gasteiger partial charge on any atom is 0.262 e. The molecule has 5 nitrogen and oxygen atoms in total. The summed E-state index contributed by atoms with van der Waals surface area (Å²) in [5.41, 5.74) is 0.590. The molecular formula is C13H10ClN3O2S. The molecule has 2 aliphatic rings. The van der Waals surface area contributed by atoms with E-state index in [4.69, 9.17) is 11.6 Å². The van der Waals surface area contributed by atoms with E-state index in [2.05, 4.69) is 10.3 Å². The number of carbonyl (C=O) groups excluding carboxylic acids is 2. The highest BCUT2D eigenvalue weighted by molar-refractivity contribution is 8.18. The average Bonchev–Trinajstić information content (AvgIpc) is 2.87. The van der Waals surface area contributed by atoms with Gasteiger partial charge in [0.05, 0.1) is 11.4 Å².